The number of benzene rings is 2. The number of aryl methyl sites for hydroxylation is 2. The number of carbonyl (C=O) groups is 1. The Morgan fingerprint density at radius 3 is 2.65 bits per heavy atom. The number of nitrogens with one attached hydrogen (secondary N) is 1. The summed E-state index contributed by atoms with van der Waals surface area (Å²) in [6.45, 7) is 5.83. The fraction of sp³-hybridized carbons (Fsp3) is 0.278. The van der Waals surface area contributed by atoms with Crippen molar-refractivity contribution in [2.45, 2.75) is 33.3 Å². The maximum Gasteiger partial charge on any atom is 0.265 e. The largest absolute Gasteiger partial charge is 0.480 e. The van der Waals surface area contributed by atoms with Crippen LogP contribution in [0.2, 0.25) is 10.0 Å². The highest BCUT2D eigenvalue weighted by atomic mass is 35.5. The number of ether oxygens (including phenoxy) is 1. The van der Waals surface area contributed by atoms with E-state index in [2.05, 4.69) is 5.32 Å². The lowest BCUT2D eigenvalue weighted by Crippen LogP contribution is -2.32. The second-order valence-electron chi connectivity index (χ2n) is 5.37. The first kappa shape index (κ1) is 17.6. The zero-order valence-electron chi connectivity index (χ0n) is 13.3. The van der Waals surface area contributed by atoms with Crippen LogP contribution in [0.1, 0.15) is 24.5 Å². The normalized spacial score (nSPS) is 11.9. The Morgan fingerprint density at radius 1 is 1.22 bits per heavy atom. The average molecular weight is 352 g/mol. The SMILES string of the molecule is CC[C@@H](Oc1cc(C)ccc1C)C(=O)Nc1cccc(Cl)c1Cl. The number of halogens is 2. The van der Waals surface area contributed by atoms with Gasteiger partial charge in [-0.1, -0.05) is 48.3 Å². The number of hydrogen-bond donors (Lipinski definition) is 1. The van der Waals surface area contributed by atoms with Crippen molar-refractivity contribution in [2.24, 2.45) is 0 Å². The van der Waals surface area contributed by atoms with Crippen LogP contribution in [-0.2, 0) is 4.79 Å². The number of rotatable bonds is 5. The predicted octanol–water partition coefficient (Wildman–Crippen LogP) is 5.41. The smallest absolute Gasteiger partial charge is 0.265 e. The van der Waals surface area contributed by atoms with E-state index in [0.29, 0.717) is 27.9 Å². The standard InChI is InChI=1S/C18H19Cl2NO2/c1-4-15(23-16-10-11(2)8-9-12(16)3)18(22)21-14-7-5-6-13(19)17(14)20/h5-10,15H,4H2,1-3H3,(H,21,22)/t15-/m1/s1. The van der Waals surface area contributed by atoms with Gasteiger partial charge in [0.25, 0.3) is 5.91 Å². The molecule has 0 aliphatic carbocycles. The molecule has 23 heavy (non-hydrogen) atoms. The molecule has 5 heteroatoms. The van der Waals surface area contributed by atoms with Crippen LogP contribution in [0, 0.1) is 13.8 Å². The Kier molecular flexibility index (Phi) is 5.91. The summed E-state index contributed by atoms with van der Waals surface area (Å²) in [5.41, 5.74) is 2.55. The minimum atomic E-state index is -0.606. The van der Waals surface area contributed by atoms with E-state index in [1.54, 1.807) is 18.2 Å². The maximum absolute atomic E-state index is 12.5. The van der Waals surface area contributed by atoms with Gasteiger partial charge in [-0.2, -0.15) is 0 Å². The third-order valence-electron chi connectivity index (χ3n) is 3.49. The zero-order valence-corrected chi connectivity index (χ0v) is 14.8. The molecule has 3 nitrogen and oxygen atoms in total. The fourth-order valence-electron chi connectivity index (χ4n) is 2.12. The lowest BCUT2D eigenvalue weighted by atomic mass is 10.1. The molecule has 0 bridgehead atoms. The predicted molar refractivity (Wildman–Crippen MR) is 95.7 cm³/mol. The quantitative estimate of drug-likeness (QED) is 0.782. The Morgan fingerprint density at radius 2 is 1.96 bits per heavy atom. The molecule has 2 aromatic carbocycles. The van der Waals surface area contributed by atoms with E-state index in [9.17, 15) is 4.79 Å². The molecule has 0 saturated carbocycles. The van der Waals surface area contributed by atoms with E-state index in [1.807, 2.05) is 39.0 Å². The van der Waals surface area contributed by atoms with Gasteiger partial charge in [-0.3, -0.25) is 4.79 Å². The van der Waals surface area contributed by atoms with Gasteiger partial charge in [0.15, 0.2) is 6.10 Å². The number of amides is 1. The van der Waals surface area contributed by atoms with Crippen LogP contribution in [0.5, 0.6) is 5.75 Å². The van der Waals surface area contributed by atoms with Crippen molar-refractivity contribution in [1.29, 1.82) is 0 Å². The van der Waals surface area contributed by atoms with E-state index >= 15 is 0 Å². The summed E-state index contributed by atoms with van der Waals surface area (Å²) < 4.78 is 5.89. The van der Waals surface area contributed by atoms with Gasteiger partial charge >= 0.3 is 0 Å². The fourth-order valence-corrected chi connectivity index (χ4v) is 2.47. The van der Waals surface area contributed by atoms with Crippen LogP contribution < -0.4 is 10.1 Å². The van der Waals surface area contributed by atoms with Crippen molar-refractivity contribution in [3.05, 3.63) is 57.6 Å². The molecular formula is C18H19Cl2NO2. The van der Waals surface area contributed by atoms with Crippen LogP contribution in [0.15, 0.2) is 36.4 Å². The lowest BCUT2D eigenvalue weighted by Gasteiger charge is -2.19. The van der Waals surface area contributed by atoms with Gasteiger partial charge in [-0.15, -0.1) is 0 Å². The molecule has 0 radical (unpaired) electrons. The minimum absolute atomic E-state index is 0.252. The first-order valence-electron chi connectivity index (χ1n) is 7.41. The number of hydrogen-bond acceptors (Lipinski definition) is 2. The third-order valence-corrected chi connectivity index (χ3v) is 4.30. The summed E-state index contributed by atoms with van der Waals surface area (Å²) in [7, 11) is 0. The minimum Gasteiger partial charge on any atom is -0.480 e. The Hall–Kier alpha value is -1.71. The second kappa shape index (κ2) is 7.71. The number of anilines is 1. The summed E-state index contributed by atoms with van der Waals surface area (Å²) >= 11 is 12.1. The van der Waals surface area contributed by atoms with E-state index in [1.165, 1.54) is 0 Å². The van der Waals surface area contributed by atoms with Crippen molar-refractivity contribution in [1.82, 2.24) is 0 Å². The van der Waals surface area contributed by atoms with Crippen molar-refractivity contribution < 1.29 is 9.53 Å². The number of carbonyl (C=O) groups excluding carboxylic acids is 1. The Balaban J connectivity index is 2.15. The molecule has 0 heterocycles. The molecule has 2 rings (SSSR count). The molecule has 0 aliphatic rings. The topological polar surface area (TPSA) is 38.3 Å². The Labute approximate surface area is 146 Å². The lowest BCUT2D eigenvalue weighted by molar-refractivity contribution is -0.122. The summed E-state index contributed by atoms with van der Waals surface area (Å²) in [6, 6.07) is 11.0. The summed E-state index contributed by atoms with van der Waals surface area (Å²) in [6.07, 6.45) is -0.0669. The van der Waals surface area contributed by atoms with Gasteiger partial charge < -0.3 is 10.1 Å². The van der Waals surface area contributed by atoms with E-state index in [0.717, 1.165) is 11.1 Å². The molecule has 1 N–H and O–H groups in total. The van der Waals surface area contributed by atoms with E-state index in [-0.39, 0.29) is 5.91 Å². The van der Waals surface area contributed by atoms with Gasteiger partial charge in [-0.25, -0.2) is 0 Å². The van der Waals surface area contributed by atoms with Gasteiger partial charge in [0.2, 0.25) is 0 Å². The van der Waals surface area contributed by atoms with Crippen LogP contribution >= 0.6 is 23.2 Å². The summed E-state index contributed by atoms with van der Waals surface area (Å²) in [4.78, 5) is 12.5. The van der Waals surface area contributed by atoms with Gasteiger partial charge in [0.1, 0.15) is 5.75 Å². The first-order chi connectivity index (χ1) is 10.9. The first-order valence-corrected chi connectivity index (χ1v) is 8.16. The maximum atomic E-state index is 12.5. The highest BCUT2D eigenvalue weighted by Gasteiger charge is 2.20. The third kappa shape index (κ3) is 4.40. The zero-order chi connectivity index (χ0) is 17.0. The van der Waals surface area contributed by atoms with Crippen molar-refractivity contribution >= 4 is 34.8 Å². The van der Waals surface area contributed by atoms with Gasteiger partial charge in [-0.05, 0) is 49.6 Å². The van der Waals surface area contributed by atoms with Crippen LogP contribution in [-0.4, -0.2) is 12.0 Å². The molecule has 122 valence electrons. The highest BCUT2D eigenvalue weighted by Crippen LogP contribution is 2.30. The summed E-state index contributed by atoms with van der Waals surface area (Å²) in [5, 5.41) is 3.50. The van der Waals surface area contributed by atoms with Gasteiger partial charge in [0, 0.05) is 0 Å². The van der Waals surface area contributed by atoms with Crippen molar-refractivity contribution in [3.63, 3.8) is 0 Å². The molecule has 0 aliphatic heterocycles. The van der Waals surface area contributed by atoms with E-state index < -0.39 is 6.10 Å². The molecule has 0 spiro atoms. The van der Waals surface area contributed by atoms with E-state index in [4.69, 9.17) is 27.9 Å². The molecule has 1 atom stereocenters. The van der Waals surface area contributed by atoms with Crippen LogP contribution in [0.4, 0.5) is 5.69 Å². The highest BCUT2D eigenvalue weighted by molar-refractivity contribution is 6.44. The van der Waals surface area contributed by atoms with Crippen LogP contribution in [0.25, 0.3) is 0 Å². The van der Waals surface area contributed by atoms with Gasteiger partial charge in [0.05, 0.1) is 15.7 Å². The van der Waals surface area contributed by atoms with Crippen molar-refractivity contribution in [2.75, 3.05) is 5.32 Å². The molecule has 0 unspecified atom stereocenters. The molecule has 1 amide bonds. The summed E-state index contributed by atoms with van der Waals surface area (Å²) in [5.74, 6) is 0.460. The second-order valence-corrected chi connectivity index (χ2v) is 6.16. The molecule has 0 fully saturated rings. The molecule has 0 aromatic heterocycles. The Bertz CT molecular complexity index is 716. The van der Waals surface area contributed by atoms with Crippen LogP contribution in [0.3, 0.4) is 0 Å². The molecule has 2 aromatic rings. The molecule has 0 saturated heterocycles. The van der Waals surface area contributed by atoms with Crippen molar-refractivity contribution in [3.8, 4) is 5.75 Å². The average Bonchev–Trinajstić information content (AvgIpc) is 2.52. The molecular weight excluding hydrogens is 333 g/mol. The monoisotopic (exact) mass is 351 g/mol.